The van der Waals surface area contributed by atoms with Crippen molar-refractivity contribution >= 4 is 11.6 Å². The molecule has 2 nitrogen and oxygen atoms in total. The Morgan fingerprint density at radius 3 is 1.91 bits per heavy atom. The van der Waals surface area contributed by atoms with E-state index in [0.29, 0.717) is 0 Å². The fourth-order valence-corrected chi connectivity index (χ4v) is 5.24. The SMILES string of the molecule is CC12c3ccccc3C(c3ccccc31)C1C(=O)C=CC(=O)C12. The van der Waals surface area contributed by atoms with Crippen molar-refractivity contribution in [2.75, 3.05) is 0 Å². The molecule has 0 fully saturated rings. The quantitative estimate of drug-likeness (QED) is 0.747. The van der Waals surface area contributed by atoms with Crippen LogP contribution in [0.3, 0.4) is 0 Å². The zero-order valence-electron chi connectivity index (χ0n) is 12.8. The van der Waals surface area contributed by atoms with E-state index in [0.717, 1.165) is 0 Å². The van der Waals surface area contributed by atoms with E-state index in [1.807, 2.05) is 24.3 Å². The third kappa shape index (κ3) is 1.35. The molecule has 2 heteroatoms. The maximum absolute atomic E-state index is 12.7. The first kappa shape index (κ1) is 13.0. The van der Waals surface area contributed by atoms with Crippen molar-refractivity contribution in [1.82, 2.24) is 0 Å². The molecular formula is C21H16O2. The molecule has 6 rings (SSSR count). The number of hydrogen-bond acceptors (Lipinski definition) is 2. The molecule has 0 aromatic heterocycles. The van der Waals surface area contributed by atoms with Crippen molar-refractivity contribution in [1.29, 1.82) is 0 Å². The fourth-order valence-electron chi connectivity index (χ4n) is 5.24. The molecule has 4 aliphatic rings. The summed E-state index contributed by atoms with van der Waals surface area (Å²) in [5, 5.41) is 0. The van der Waals surface area contributed by atoms with Gasteiger partial charge in [0.25, 0.3) is 0 Å². The van der Waals surface area contributed by atoms with Gasteiger partial charge in [-0.05, 0) is 34.4 Å². The largest absolute Gasteiger partial charge is 0.294 e. The molecule has 2 unspecified atom stereocenters. The third-order valence-electron chi connectivity index (χ3n) is 6.10. The highest BCUT2D eigenvalue weighted by Gasteiger charge is 2.60. The van der Waals surface area contributed by atoms with Crippen molar-refractivity contribution in [3.05, 3.63) is 82.9 Å². The molecule has 0 amide bonds. The van der Waals surface area contributed by atoms with Crippen molar-refractivity contribution < 1.29 is 9.59 Å². The summed E-state index contributed by atoms with van der Waals surface area (Å²) in [6, 6.07) is 16.6. The van der Waals surface area contributed by atoms with Crippen LogP contribution in [-0.2, 0) is 15.0 Å². The number of benzene rings is 2. The van der Waals surface area contributed by atoms with Gasteiger partial charge in [-0.3, -0.25) is 9.59 Å². The van der Waals surface area contributed by atoms with Crippen molar-refractivity contribution in [2.45, 2.75) is 18.3 Å². The summed E-state index contributed by atoms with van der Waals surface area (Å²) in [6.07, 6.45) is 2.97. The van der Waals surface area contributed by atoms with Crippen molar-refractivity contribution in [3.63, 3.8) is 0 Å². The van der Waals surface area contributed by atoms with Crippen LogP contribution in [0.25, 0.3) is 0 Å². The van der Waals surface area contributed by atoms with Crippen LogP contribution >= 0.6 is 0 Å². The second-order valence-corrected chi connectivity index (χ2v) is 7.00. The van der Waals surface area contributed by atoms with E-state index in [2.05, 4.69) is 31.2 Å². The number of ketones is 2. The van der Waals surface area contributed by atoms with Gasteiger partial charge in [0.15, 0.2) is 11.6 Å². The molecule has 2 atom stereocenters. The molecule has 0 N–H and O–H groups in total. The Morgan fingerprint density at radius 1 is 0.783 bits per heavy atom. The maximum Gasteiger partial charge on any atom is 0.160 e. The van der Waals surface area contributed by atoms with Gasteiger partial charge in [0.2, 0.25) is 0 Å². The molecule has 112 valence electrons. The van der Waals surface area contributed by atoms with Crippen LogP contribution in [0.2, 0.25) is 0 Å². The second-order valence-electron chi connectivity index (χ2n) is 7.00. The van der Waals surface area contributed by atoms with Crippen LogP contribution in [0.15, 0.2) is 60.7 Å². The van der Waals surface area contributed by atoms with E-state index in [1.54, 1.807) is 0 Å². The van der Waals surface area contributed by atoms with E-state index >= 15 is 0 Å². The maximum atomic E-state index is 12.7. The molecular weight excluding hydrogens is 284 g/mol. The molecule has 0 heterocycles. The fraction of sp³-hybridized carbons (Fsp3) is 0.238. The standard InChI is InChI=1S/C21H16O2/c1-21-14-8-4-2-6-12(14)18(13-7-3-5-9-15(13)21)19-16(22)10-11-17(23)20(19)21/h2-11,18-20H,1H3. The first-order valence-corrected chi connectivity index (χ1v) is 8.08. The average Bonchev–Trinajstić information content (AvgIpc) is 2.58. The van der Waals surface area contributed by atoms with Crippen LogP contribution in [0.5, 0.6) is 0 Å². The Hall–Kier alpha value is -2.48. The van der Waals surface area contributed by atoms with Gasteiger partial charge in [0, 0.05) is 23.2 Å². The number of carbonyl (C=O) groups is 2. The lowest BCUT2D eigenvalue weighted by atomic mass is 9.45. The monoisotopic (exact) mass is 300 g/mol. The third-order valence-corrected chi connectivity index (χ3v) is 6.10. The highest BCUT2D eigenvalue weighted by Crippen LogP contribution is 2.62. The molecule has 0 saturated carbocycles. The minimum atomic E-state index is -0.426. The van der Waals surface area contributed by atoms with Gasteiger partial charge in [-0.25, -0.2) is 0 Å². The summed E-state index contributed by atoms with van der Waals surface area (Å²) in [7, 11) is 0. The molecule has 2 aromatic rings. The highest BCUT2D eigenvalue weighted by atomic mass is 16.1. The number of carbonyl (C=O) groups excluding carboxylic acids is 2. The Morgan fingerprint density at radius 2 is 1.30 bits per heavy atom. The number of hydrogen-bond donors (Lipinski definition) is 0. The predicted molar refractivity (Wildman–Crippen MR) is 87.3 cm³/mol. The summed E-state index contributed by atoms with van der Waals surface area (Å²) in [4.78, 5) is 25.4. The summed E-state index contributed by atoms with van der Waals surface area (Å²) >= 11 is 0. The lowest BCUT2D eigenvalue weighted by molar-refractivity contribution is -0.132. The zero-order chi connectivity index (χ0) is 15.8. The van der Waals surface area contributed by atoms with E-state index in [-0.39, 0.29) is 29.3 Å². The smallest absolute Gasteiger partial charge is 0.160 e. The highest BCUT2D eigenvalue weighted by molar-refractivity contribution is 6.09. The molecule has 23 heavy (non-hydrogen) atoms. The minimum Gasteiger partial charge on any atom is -0.294 e. The summed E-state index contributed by atoms with van der Waals surface area (Å²) in [6.45, 7) is 2.14. The van der Waals surface area contributed by atoms with Crippen LogP contribution in [0, 0.1) is 11.8 Å². The molecule has 0 aliphatic heterocycles. The van der Waals surface area contributed by atoms with Crippen LogP contribution in [0.1, 0.15) is 35.1 Å². The Kier molecular flexibility index (Phi) is 2.31. The Bertz CT molecular complexity index is 858. The van der Waals surface area contributed by atoms with Crippen LogP contribution in [0.4, 0.5) is 0 Å². The Balaban J connectivity index is 1.93. The average molecular weight is 300 g/mol. The summed E-state index contributed by atoms with van der Waals surface area (Å²) in [5.41, 5.74) is 4.42. The normalized spacial score (nSPS) is 33.2. The lowest BCUT2D eigenvalue weighted by Gasteiger charge is -2.56. The lowest BCUT2D eigenvalue weighted by Crippen LogP contribution is -2.56. The van der Waals surface area contributed by atoms with Gasteiger partial charge >= 0.3 is 0 Å². The molecule has 0 saturated heterocycles. The van der Waals surface area contributed by atoms with Gasteiger partial charge in [-0.15, -0.1) is 0 Å². The Labute approximate surface area is 134 Å². The van der Waals surface area contributed by atoms with E-state index < -0.39 is 5.41 Å². The van der Waals surface area contributed by atoms with Crippen molar-refractivity contribution in [2.24, 2.45) is 11.8 Å². The molecule has 2 bridgehead atoms. The van der Waals surface area contributed by atoms with Gasteiger partial charge in [0.05, 0.1) is 0 Å². The number of rotatable bonds is 0. The zero-order valence-corrected chi connectivity index (χ0v) is 12.8. The van der Waals surface area contributed by atoms with Crippen LogP contribution in [-0.4, -0.2) is 11.6 Å². The van der Waals surface area contributed by atoms with E-state index in [4.69, 9.17) is 0 Å². The molecule has 4 aliphatic carbocycles. The predicted octanol–water partition coefficient (Wildman–Crippen LogP) is 3.39. The topological polar surface area (TPSA) is 34.1 Å². The number of allylic oxidation sites excluding steroid dienone is 2. The summed E-state index contributed by atoms with van der Waals surface area (Å²) < 4.78 is 0. The minimum absolute atomic E-state index is 0.00405. The van der Waals surface area contributed by atoms with Gasteiger partial charge in [0.1, 0.15) is 0 Å². The first-order chi connectivity index (χ1) is 11.1. The second kappa shape index (κ2) is 4.08. The molecule has 2 aromatic carbocycles. The van der Waals surface area contributed by atoms with Gasteiger partial charge in [-0.2, -0.15) is 0 Å². The molecule has 0 spiro atoms. The van der Waals surface area contributed by atoms with Gasteiger partial charge < -0.3 is 0 Å². The summed E-state index contributed by atoms with van der Waals surface area (Å²) in [5.74, 6) is -0.367. The van der Waals surface area contributed by atoms with E-state index in [1.165, 1.54) is 34.4 Å². The van der Waals surface area contributed by atoms with Crippen LogP contribution < -0.4 is 0 Å². The first-order valence-electron chi connectivity index (χ1n) is 8.08. The van der Waals surface area contributed by atoms with Crippen molar-refractivity contribution in [3.8, 4) is 0 Å². The van der Waals surface area contributed by atoms with Gasteiger partial charge in [-0.1, -0.05) is 55.5 Å². The van der Waals surface area contributed by atoms with E-state index in [9.17, 15) is 9.59 Å². The molecule has 0 radical (unpaired) electrons.